The minimum atomic E-state index is -0.0131. The zero-order chi connectivity index (χ0) is 22.2. The quantitative estimate of drug-likeness (QED) is 0.266. The summed E-state index contributed by atoms with van der Waals surface area (Å²) < 4.78 is 1.73. The number of hydrogen-bond acceptors (Lipinski definition) is 9. The van der Waals surface area contributed by atoms with Crippen molar-refractivity contribution in [1.29, 1.82) is 0 Å². The van der Waals surface area contributed by atoms with Gasteiger partial charge in [-0.3, -0.25) is 9.36 Å². The van der Waals surface area contributed by atoms with Crippen LogP contribution in [0.2, 0.25) is 0 Å². The molecule has 0 saturated carbocycles. The first-order chi connectivity index (χ1) is 15.5. The Morgan fingerprint density at radius 1 is 1.03 bits per heavy atom. The van der Waals surface area contributed by atoms with E-state index in [1.54, 1.807) is 15.9 Å². The first-order valence-electron chi connectivity index (χ1n) is 10.5. The number of nitrogen functional groups attached to an aromatic ring is 2. The topological polar surface area (TPSA) is 126 Å². The lowest BCUT2D eigenvalue weighted by Gasteiger charge is -2.14. The molecule has 0 atom stereocenters. The number of aryl methyl sites for hydroxylation is 3. The van der Waals surface area contributed by atoms with Crippen molar-refractivity contribution < 1.29 is 0 Å². The van der Waals surface area contributed by atoms with Crippen LogP contribution >= 0.6 is 23.1 Å². The predicted octanol–water partition coefficient (Wildman–Crippen LogP) is 3.67. The number of aromatic nitrogens is 5. The zero-order valence-electron chi connectivity index (χ0n) is 17.7. The Morgan fingerprint density at radius 3 is 2.56 bits per heavy atom. The third-order valence-electron chi connectivity index (χ3n) is 5.61. The highest BCUT2D eigenvalue weighted by atomic mass is 32.2. The van der Waals surface area contributed by atoms with Crippen LogP contribution in [0.1, 0.15) is 41.1 Å². The monoisotopic (exact) mass is 465 g/mol. The maximum absolute atomic E-state index is 13.9. The van der Waals surface area contributed by atoms with Crippen molar-refractivity contribution in [2.75, 3.05) is 11.5 Å². The number of thiophene rings is 1. The molecule has 0 saturated heterocycles. The summed E-state index contributed by atoms with van der Waals surface area (Å²) in [6.45, 7) is 2.00. The first kappa shape index (κ1) is 20.9. The van der Waals surface area contributed by atoms with Crippen LogP contribution in [0.5, 0.6) is 0 Å². The fraction of sp³-hybridized carbons (Fsp3) is 0.318. The third-order valence-corrected chi connectivity index (χ3v) is 7.73. The van der Waals surface area contributed by atoms with Gasteiger partial charge in [0, 0.05) is 4.88 Å². The second kappa shape index (κ2) is 8.51. The van der Waals surface area contributed by atoms with Gasteiger partial charge in [-0.15, -0.1) is 11.3 Å². The molecular formula is C22H23N7OS2. The number of benzene rings is 1. The lowest BCUT2D eigenvalue weighted by atomic mass is 10.1. The summed E-state index contributed by atoms with van der Waals surface area (Å²) in [5, 5.41) is 1.37. The summed E-state index contributed by atoms with van der Waals surface area (Å²) >= 11 is 3.05. The Kier molecular flexibility index (Phi) is 5.56. The fourth-order valence-electron chi connectivity index (χ4n) is 4.14. The van der Waals surface area contributed by atoms with E-state index in [-0.39, 0.29) is 17.5 Å². The lowest BCUT2D eigenvalue weighted by Crippen LogP contribution is -2.22. The first-order valence-corrected chi connectivity index (χ1v) is 12.3. The van der Waals surface area contributed by atoms with Crippen molar-refractivity contribution in [2.45, 2.75) is 49.9 Å². The summed E-state index contributed by atoms with van der Waals surface area (Å²) in [7, 11) is 0. The van der Waals surface area contributed by atoms with Gasteiger partial charge in [-0.1, -0.05) is 36.4 Å². The second-order valence-electron chi connectivity index (χ2n) is 7.82. The van der Waals surface area contributed by atoms with Crippen LogP contribution in [-0.4, -0.2) is 24.5 Å². The molecule has 1 aliphatic carbocycles. The zero-order valence-corrected chi connectivity index (χ0v) is 19.3. The smallest absolute Gasteiger partial charge is 0.267 e. The molecule has 164 valence electrons. The van der Waals surface area contributed by atoms with Crippen molar-refractivity contribution >= 4 is 45.2 Å². The minimum Gasteiger partial charge on any atom is -0.368 e. The number of anilines is 2. The molecule has 3 aromatic heterocycles. The minimum absolute atomic E-state index is 0.0131. The number of rotatable bonds is 4. The summed E-state index contributed by atoms with van der Waals surface area (Å²) in [5.41, 5.74) is 14.4. The number of fused-ring (bicyclic) bond motifs is 3. The SMILES string of the molecule is Cc1ccccc1-n1c(SCc2nc(N)nc(N)n2)nc2sc3c(c2c1=O)CCCCC3. The molecule has 1 aliphatic rings. The number of thioether (sulfide) groups is 1. The second-order valence-corrected chi connectivity index (χ2v) is 9.85. The average molecular weight is 466 g/mol. The molecule has 8 nitrogen and oxygen atoms in total. The Hall–Kier alpha value is -2.98. The van der Waals surface area contributed by atoms with E-state index < -0.39 is 0 Å². The molecule has 0 fully saturated rings. The molecule has 10 heteroatoms. The third kappa shape index (κ3) is 3.84. The van der Waals surface area contributed by atoms with E-state index in [1.807, 2.05) is 31.2 Å². The van der Waals surface area contributed by atoms with E-state index in [1.165, 1.54) is 28.6 Å². The van der Waals surface area contributed by atoms with E-state index in [9.17, 15) is 4.79 Å². The van der Waals surface area contributed by atoms with Crippen molar-refractivity contribution in [3.63, 3.8) is 0 Å². The van der Waals surface area contributed by atoms with Crippen LogP contribution in [0.25, 0.3) is 15.9 Å². The van der Waals surface area contributed by atoms with Crippen LogP contribution in [0, 0.1) is 6.92 Å². The van der Waals surface area contributed by atoms with Gasteiger partial charge in [0.1, 0.15) is 10.7 Å². The highest BCUT2D eigenvalue weighted by Crippen LogP contribution is 2.35. The standard InChI is InChI=1S/C22H23N7OS2/c1-12-7-5-6-9-14(12)29-19(30)17-13-8-3-2-4-10-15(13)32-18(17)27-22(29)31-11-16-25-20(23)28-21(24)26-16/h5-7,9H,2-4,8,10-11H2,1H3,(H4,23,24,25,26,28). The predicted molar refractivity (Wildman–Crippen MR) is 129 cm³/mol. The molecule has 0 radical (unpaired) electrons. The van der Waals surface area contributed by atoms with Gasteiger partial charge in [-0.2, -0.15) is 15.0 Å². The normalized spacial score (nSPS) is 13.8. The summed E-state index contributed by atoms with van der Waals surface area (Å²) in [6, 6.07) is 7.87. The van der Waals surface area contributed by atoms with Gasteiger partial charge in [-0.25, -0.2) is 4.98 Å². The highest BCUT2D eigenvalue weighted by Gasteiger charge is 2.23. The maximum Gasteiger partial charge on any atom is 0.267 e. The van der Waals surface area contributed by atoms with Crippen molar-refractivity contribution in [1.82, 2.24) is 24.5 Å². The van der Waals surface area contributed by atoms with E-state index >= 15 is 0 Å². The van der Waals surface area contributed by atoms with E-state index in [2.05, 4.69) is 15.0 Å². The van der Waals surface area contributed by atoms with Crippen LogP contribution in [0.15, 0.2) is 34.2 Å². The molecule has 5 rings (SSSR count). The molecule has 32 heavy (non-hydrogen) atoms. The molecular weight excluding hydrogens is 442 g/mol. The summed E-state index contributed by atoms with van der Waals surface area (Å²) in [6.07, 6.45) is 5.44. The van der Waals surface area contributed by atoms with Gasteiger partial charge in [0.2, 0.25) is 11.9 Å². The number of nitrogens with two attached hydrogens (primary N) is 2. The molecule has 0 aliphatic heterocycles. The molecule has 1 aromatic carbocycles. The number of hydrogen-bond donors (Lipinski definition) is 2. The van der Waals surface area contributed by atoms with Gasteiger partial charge in [-0.05, 0) is 49.8 Å². The van der Waals surface area contributed by atoms with E-state index in [0.29, 0.717) is 16.7 Å². The largest absolute Gasteiger partial charge is 0.368 e. The fourth-order valence-corrected chi connectivity index (χ4v) is 6.30. The summed E-state index contributed by atoms with van der Waals surface area (Å²) in [5.74, 6) is 0.975. The number of para-hydroxylation sites is 1. The molecule has 3 heterocycles. The highest BCUT2D eigenvalue weighted by molar-refractivity contribution is 7.98. The summed E-state index contributed by atoms with van der Waals surface area (Å²) in [4.78, 5) is 33.1. The molecule has 0 unspecified atom stereocenters. The van der Waals surface area contributed by atoms with Crippen molar-refractivity contribution in [2.24, 2.45) is 0 Å². The van der Waals surface area contributed by atoms with Gasteiger partial charge >= 0.3 is 0 Å². The van der Waals surface area contributed by atoms with E-state index in [0.717, 1.165) is 47.2 Å². The van der Waals surface area contributed by atoms with Gasteiger partial charge in [0.25, 0.3) is 5.56 Å². The lowest BCUT2D eigenvalue weighted by molar-refractivity contribution is 0.713. The molecule has 0 spiro atoms. The van der Waals surface area contributed by atoms with Gasteiger partial charge < -0.3 is 11.5 Å². The maximum atomic E-state index is 13.9. The average Bonchev–Trinajstić information content (AvgIpc) is 2.94. The Morgan fingerprint density at radius 2 is 1.78 bits per heavy atom. The van der Waals surface area contributed by atoms with Crippen LogP contribution < -0.4 is 17.0 Å². The van der Waals surface area contributed by atoms with Gasteiger partial charge in [0.15, 0.2) is 5.16 Å². The Bertz CT molecular complexity index is 1360. The molecule has 0 bridgehead atoms. The van der Waals surface area contributed by atoms with Crippen molar-refractivity contribution in [3.8, 4) is 5.69 Å². The van der Waals surface area contributed by atoms with Crippen LogP contribution in [0.4, 0.5) is 11.9 Å². The van der Waals surface area contributed by atoms with Gasteiger partial charge in [0.05, 0.1) is 16.8 Å². The molecule has 4 N–H and O–H groups in total. The van der Waals surface area contributed by atoms with E-state index in [4.69, 9.17) is 16.5 Å². The van der Waals surface area contributed by atoms with Crippen LogP contribution in [0.3, 0.4) is 0 Å². The Labute approximate surface area is 193 Å². The Balaban J connectivity index is 1.67. The van der Waals surface area contributed by atoms with Crippen molar-refractivity contribution in [3.05, 3.63) is 56.4 Å². The number of nitrogens with zero attached hydrogens (tertiary/aromatic N) is 5. The molecule has 0 amide bonds. The van der Waals surface area contributed by atoms with Crippen LogP contribution in [-0.2, 0) is 18.6 Å². The molecule has 4 aromatic rings.